The number of nitrogens with zero attached hydrogens (tertiary/aromatic N) is 1. The first-order valence-corrected chi connectivity index (χ1v) is 9.39. The van der Waals surface area contributed by atoms with Gasteiger partial charge in [0.15, 0.2) is 0 Å². The summed E-state index contributed by atoms with van der Waals surface area (Å²) in [5.74, 6) is -2.14. The number of hydrogen-bond donors (Lipinski definition) is 2. The van der Waals surface area contributed by atoms with E-state index in [0.29, 0.717) is 6.54 Å². The molecular formula is C21H22N2O4. The summed E-state index contributed by atoms with van der Waals surface area (Å²) >= 11 is 0. The highest BCUT2D eigenvalue weighted by atomic mass is 16.4. The van der Waals surface area contributed by atoms with Gasteiger partial charge in [-0.1, -0.05) is 30.7 Å². The topological polar surface area (TPSA) is 90.5 Å². The standard InChI is InChI=1S/C21H22N2O4/c24-19-16(10-13-6-2-1-3-9-18(13)22-19)20(25)23-11-14-7-4-5-8-15(14)17(12-23)21(26)27/h4-5,7-8,10,17H,1-3,6,9,11-12H2,(H,22,24)(H,26,27). The lowest BCUT2D eigenvalue weighted by atomic mass is 9.89. The highest BCUT2D eigenvalue weighted by molar-refractivity contribution is 5.95. The summed E-state index contributed by atoms with van der Waals surface area (Å²) < 4.78 is 0. The van der Waals surface area contributed by atoms with Crippen LogP contribution in [0.25, 0.3) is 0 Å². The third kappa shape index (κ3) is 3.27. The van der Waals surface area contributed by atoms with Gasteiger partial charge in [0.1, 0.15) is 5.56 Å². The number of aliphatic carboxylic acids is 1. The first kappa shape index (κ1) is 17.5. The van der Waals surface area contributed by atoms with Crippen LogP contribution in [0, 0.1) is 0 Å². The molecule has 1 aliphatic heterocycles. The van der Waals surface area contributed by atoms with Crippen molar-refractivity contribution in [3.63, 3.8) is 0 Å². The lowest BCUT2D eigenvalue weighted by molar-refractivity contribution is -0.139. The fraction of sp³-hybridized carbons (Fsp3) is 0.381. The van der Waals surface area contributed by atoms with Crippen LogP contribution >= 0.6 is 0 Å². The van der Waals surface area contributed by atoms with E-state index >= 15 is 0 Å². The average Bonchev–Trinajstić information content (AvgIpc) is 2.90. The van der Waals surface area contributed by atoms with E-state index in [9.17, 15) is 19.5 Å². The molecule has 0 radical (unpaired) electrons. The molecule has 1 amide bonds. The van der Waals surface area contributed by atoms with Crippen molar-refractivity contribution in [3.8, 4) is 0 Å². The van der Waals surface area contributed by atoms with Gasteiger partial charge >= 0.3 is 5.97 Å². The van der Waals surface area contributed by atoms with Crippen molar-refractivity contribution >= 4 is 11.9 Å². The molecule has 2 N–H and O–H groups in total. The average molecular weight is 366 g/mol. The minimum absolute atomic E-state index is 0.0711. The van der Waals surface area contributed by atoms with E-state index in [2.05, 4.69) is 4.98 Å². The molecule has 1 aliphatic carbocycles. The van der Waals surface area contributed by atoms with E-state index in [4.69, 9.17) is 0 Å². The van der Waals surface area contributed by atoms with E-state index in [0.717, 1.165) is 54.5 Å². The number of fused-ring (bicyclic) bond motifs is 2. The quantitative estimate of drug-likeness (QED) is 0.799. The Hall–Kier alpha value is -2.89. The highest BCUT2D eigenvalue weighted by Gasteiger charge is 2.33. The molecule has 1 aromatic heterocycles. The van der Waals surface area contributed by atoms with Gasteiger partial charge in [-0.3, -0.25) is 14.4 Å². The maximum absolute atomic E-state index is 13.1. The minimum atomic E-state index is -0.962. The van der Waals surface area contributed by atoms with Crippen LogP contribution in [-0.2, 0) is 24.2 Å². The number of amides is 1. The molecule has 0 spiro atoms. The van der Waals surface area contributed by atoms with Crippen LogP contribution < -0.4 is 5.56 Å². The van der Waals surface area contributed by atoms with Gasteiger partial charge in [-0.05, 0) is 48.4 Å². The number of carbonyl (C=O) groups excluding carboxylic acids is 1. The zero-order valence-electron chi connectivity index (χ0n) is 15.0. The molecule has 0 saturated heterocycles. The molecule has 0 bridgehead atoms. The summed E-state index contributed by atoms with van der Waals surface area (Å²) in [5.41, 5.74) is 3.25. The molecule has 1 unspecified atom stereocenters. The van der Waals surface area contributed by atoms with Crippen molar-refractivity contribution in [2.24, 2.45) is 0 Å². The second-order valence-electron chi connectivity index (χ2n) is 7.35. The number of pyridine rings is 1. The van der Waals surface area contributed by atoms with Crippen LogP contribution in [-0.4, -0.2) is 33.4 Å². The summed E-state index contributed by atoms with van der Waals surface area (Å²) in [7, 11) is 0. The molecule has 2 aliphatic rings. The number of nitrogens with one attached hydrogen (secondary N) is 1. The Morgan fingerprint density at radius 3 is 2.67 bits per heavy atom. The number of aryl methyl sites for hydroxylation is 2. The molecule has 2 aromatic rings. The van der Waals surface area contributed by atoms with Crippen molar-refractivity contribution in [2.75, 3.05) is 6.54 Å². The van der Waals surface area contributed by atoms with Gasteiger partial charge in [0.2, 0.25) is 0 Å². The van der Waals surface area contributed by atoms with Crippen molar-refractivity contribution in [1.29, 1.82) is 0 Å². The number of carboxylic acids is 1. The Morgan fingerprint density at radius 1 is 1.07 bits per heavy atom. The van der Waals surface area contributed by atoms with E-state index in [-0.39, 0.29) is 17.7 Å². The van der Waals surface area contributed by atoms with Crippen molar-refractivity contribution in [3.05, 3.63) is 68.6 Å². The third-order valence-electron chi connectivity index (χ3n) is 5.60. The fourth-order valence-electron chi connectivity index (χ4n) is 4.15. The molecule has 0 saturated carbocycles. The van der Waals surface area contributed by atoms with Gasteiger partial charge in [-0.25, -0.2) is 0 Å². The Kier molecular flexibility index (Phi) is 4.56. The number of hydrogen-bond acceptors (Lipinski definition) is 3. The van der Waals surface area contributed by atoms with E-state index in [1.165, 1.54) is 4.90 Å². The molecule has 1 aromatic carbocycles. The van der Waals surface area contributed by atoms with Crippen molar-refractivity contribution < 1.29 is 14.7 Å². The molecule has 140 valence electrons. The summed E-state index contributed by atoms with van der Waals surface area (Å²) in [4.78, 5) is 41.7. The molecule has 0 fully saturated rings. The lowest BCUT2D eigenvalue weighted by Gasteiger charge is -2.32. The van der Waals surface area contributed by atoms with E-state index in [1.54, 1.807) is 12.1 Å². The second-order valence-corrected chi connectivity index (χ2v) is 7.35. The number of rotatable bonds is 2. The van der Waals surface area contributed by atoms with Crippen LogP contribution in [0.3, 0.4) is 0 Å². The van der Waals surface area contributed by atoms with Gasteiger partial charge in [-0.15, -0.1) is 0 Å². The Morgan fingerprint density at radius 2 is 1.85 bits per heavy atom. The van der Waals surface area contributed by atoms with Crippen molar-refractivity contribution in [2.45, 2.75) is 44.6 Å². The normalized spacial score (nSPS) is 19.0. The van der Waals surface area contributed by atoms with Crippen LogP contribution in [0.2, 0.25) is 0 Å². The smallest absolute Gasteiger partial charge is 0.312 e. The minimum Gasteiger partial charge on any atom is -0.481 e. The number of H-pyrrole nitrogens is 1. The number of carbonyl (C=O) groups is 2. The number of carboxylic acid groups (broad SMARTS) is 1. The van der Waals surface area contributed by atoms with Crippen molar-refractivity contribution in [1.82, 2.24) is 9.88 Å². The third-order valence-corrected chi connectivity index (χ3v) is 5.60. The summed E-state index contributed by atoms with van der Waals surface area (Å²) in [6, 6.07) is 9.00. The molecule has 2 heterocycles. The van der Waals surface area contributed by atoms with Gasteiger partial charge < -0.3 is 15.0 Å². The van der Waals surface area contributed by atoms with Gasteiger partial charge in [0.05, 0.1) is 5.92 Å². The highest BCUT2D eigenvalue weighted by Crippen LogP contribution is 2.29. The predicted octanol–water partition coefficient (Wildman–Crippen LogP) is 2.47. The summed E-state index contributed by atoms with van der Waals surface area (Å²) in [6.45, 7) is 0.386. The van der Waals surface area contributed by atoms with Crippen LogP contribution in [0.5, 0.6) is 0 Å². The number of aromatic amines is 1. The Bertz CT molecular complexity index is 963. The van der Waals surface area contributed by atoms with Gasteiger partial charge in [0.25, 0.3) is 11.5 Å². The number of benzene rings is 1. The largest absolute Gasteiger partial charge is 0.481 e. The monoisotopic (exact) mass is 366 g/mol. The molecular weight excluding hydrogens is 344 g/mol. The molecule has 4 rings (SSSR count). The van der Waals surface area contributed by atoms with Crippen LogP contribution in [0.4, 0.5) is 0 Å². The zero-order chi connectivity index (χ0) is 19.0. The van der Waals surface area contributed by atoms with Gasteiger partial charge in [-0.2, -0.15) is 0 Å². The van der Waals surface area contributed by atoms with Crippen LogP contribution in [0.1, 0.15) is 57.9 Å². The first-order chi connectivity index (χ1) is 13.0. The fourth-order valence-corrected chi connectivity index (χ4v) is 4.15. The molecule has 27 heavy (non-hydrogen) atoms. The van der Waals surface area contributed by atoms with E-state index in [1.807, 2.05) is 18.2 Å². The first-order valence-electron chi connectivity index (χ1n) is 9.39. The summed E-state index contributed by atoms with van der Waals surface area (Å²) in [5, 5.41) is 9.59. The van der Waals surface area contributed by atoms with E-state index < -0.39 is 17.8 Å². The Labute approximate surface area is 156 Å². The molecule has 6 nitrogen and oxygen atoms in total. The zero-order valence-corrected chi connectivity index (χ0v) is 15.0. The lowest BCUT2D eigenvalue weighted by Crippen LogP contribution is -2.42. The summed E-state index contributed by atoms with van der Waals surface area (Å²) in [6.07, 6.45) is 4.89. The van der Waals surface area contributed by atoms with Gasteiger partial charge in [0, 0.05) is 18.8 Å². The molecule has 1 atom stereocenters. The Balaban J connectivity index is 1.68. The predicted molar refractivity (Wildman–Crippen MR) is 99.9 cm³/mol. The maximum atomic E-state index is 13.1. The second kappa shape index (κ2) is 7.02. The number of aromatic nitrogens is 1. The maximum Gasteiger partial charge on any atom is 0.312 e. The van der Waals surface area contributed by atoms with Crippen LogP contribution in [0.15, 0.2) is 35.1 Å². The molecule has 6 heteroatoms. The SMILES string of the molecule is O=C(O)C1CN(C(=O)c2cc3c([nH]c2=O)CCCCC3)Cc2ccccc21.